The third-order valence-electron chi connectivity index (χ3n) is 1.87. The molecule has 14 heavy (non-hydrogen) atoms. The van der Waals surface area contributed by atoms with Crippen LogP contribution < -0.4 is 4.74 Å². The second kappa shape index (κ2) is 3.26. The van der Waals surface area contributed by atoms with Crippen LogP contribution in [0.2, 0.25) is 0 Å². The lowest BCUT2D eigenvalue weighted by Gasteiger charge is -1.98. The topological polar surface area (TPSA) is 59.4 Å². The number of carboxylic acids is 1. The van der Waals surface area contributed by atoms with Crippen molar-refractivity contribution in [3.05, 3.63) is 23.2 Å². The summed E-state index contributed by atoms with van der Waals surface area (Å²) in [7, 11) is 1.52. The Kier molecular flexibility index (Phi) is 2.09. The summed E-state index contributed by atoms with van der Waals surface area (Å²) in [5.74, 6) is -0.371. The molecule has 0 aromatic carbocycles. The van der Waals surface area contributed by atoms with E-state index in [-0.39, 0.29) is 5.56 Å². The zero-order valence-corrected chi connectivity index (χ0v) is 8.17. The molecule has 2 aromatic rings. The van der Waals surface area contributed by atoms with Crippen molar-refractivity contribution in [3.63, 3.8) is 0 Å². The van der Waals surface area contributed by atoms with Crippen LogP contribution in [0.1, 0.15) is 10.4 Å². The van der Waals surface area contributed by atoms with Gasteiger partial charge in [0.1, 0.15) is 10.6 Å². The number of aromatic nitrogens is 1. The van der Waals surface area contributed by atoms with Gasteiger partial charge in [0.25, 0.3) is 0 Å². The van der Waals surface area contributed by atoms with E-state index in [9.17, 15) is 4.79 Å². The van der Waals surface area contributed by atoms with Gasteiger partial charge < -0.3 is 9.84 Å². The van der Waals surface area contributed by atoms with E-state index in [0.717, 1.165) is 0 Å². The van der Waals surface area contributed by atoms with Crippen LogP contribution in [0.3, 0.4) is 0 Å². The van der Waals surface area contributed by atoms with Crippen molar-refractivity contribution in [2.24, 2.45) is 0 Å². The molecule has 0 fully saturated rings. The van der Waals surface area contributed by atoms with Crippen molar-refractivity contribution >= 4 is 27.5 Å². The fourth-order valence-corrected chi connectivity index (χ4v) is 2.04. The van der Waals surface area contributed by atoms with Crippen molar-refractivity contribution in [1.82, 2.24) is 4.98 Å². The molecule has 0 bridgehead atoms. The Hall–Kier alpha value is -1.62. The van der Waals surface area contributed by atoms with Gasteiger partial charge in [-0.25, -0.2) is 9.78 Å². The Balaban J connectivity index is 2.69. The lowest BCUT2D eigenvalue weighted by Crippen LogP contribution is -1.94. The third kappa shape index (κ3) is 1.31. The van der Waals surface area contributed by atoms with E-state index >= 15 is 0 Å². The number of rotatable bonds is 2. The third-order valence-corrected chi connectivity index (χ3v) is 2.77. The molecule has 2 aromatic heterocycles. The van der Waals surface area contributed by atoms with Gasteiger partial charge in [0.15, 0.2) is 0 Å². The lowest BCUT2D eigenvalue weighted by molar-refractivity contribution is 0.0699. The SMILES string of the molecule is COc1cnc2scc(C(=O)O)c2c1. The molecule has 0 atom stereocenters. The largest absolute Gasteiger partial charge is 0.495 e. The monoisotopic (exact) mass is 209 g/mol. The van der Waals surface area contributed by atoms with Gasteiger partial charge in [0.2, 0.25) is 0 Å². The number of methoxy groups -OCH3 is 1. The second-order valence-corrected chi connectivity index (χ2v) is 3.54. The van der Waals surface area contributed by atoms with E-state index in [1.165, 1.54) is 18.4 Å². The quantitative estimate of drug-likeness (QED) is 0.821. The Morgan fingerprint density at radius 1 is 1.64 bits per heavy atom. The molecule has 2 heterocycles. The van der Waals surface area contributed by atoms with Crippen LogP contribution in [-0.4, -0.2) is 23.2 Å². The maximum absolute atomic E-state index is 10.8. The minimum Gasteiger partial charge on any atom is -0.495 e. The number of pyridine rings is 1. The highest BCUT2D eigenvalue weighted by atomic mass is 32.1. The number of ether oxygens (including phenoxy) is 1. The van der Waals surface area contributed by atoms with Crippen LogP contribution in [0.5, 0.6) is 5.75 Å². The summed E-state index contributed by atoms with van der Waals surface area (Å²) in [6, 6.07) is 1.68. The van der Waals surface area contributed by atoms with Crippen molar-refractivity contribution < 1.29 is 14.6 Å². The number of hydrogen-bond donors (Lipinski definition) is 1. The normalized spacial score (nSPS) is 10.4. The van der Waals surface area contributed by atoms with Crippen LogP contribution in [0.15, 0.2) is 17.6 Å². The molecular weight excluding hydrogens is 202 g/mol. The molecule has 2 rings (SSSR count). The van der Waals surface area contributed by atoms with Crippen molar-refractivity contribution in [2.75, 3.05) is 7.11 Å². The van der Waals surface area contributed by atoms with Gasteiger partial charge >= 0.3 is 5.97 Å². The Morgan fingerprint density at radius 2 is 2.43 bits per heavy atom. The first-order valence-corrected chi connectivity index (χ1v) is 4.75. The van der Waals surface area contributed by atoms with E-state index < -0.39 is 5.97 Å². The molecule has 5 heteroatoms. The maximum atomic E-state index is 10.8. The van der Waals surface area contributed by atoms with Gasteiger partial charge in [-0.05, 0) is 6.07 Å². The van der Waals surface area contributed by atoms with Crippen LogP contribution in [-0.2, 0) is 0 Å². The van der Waals surface area contributed by atoms with Gasteiger partial charge in [0, 0.05) is 10.8 Å². The number of aromatic carboxylic acids is 1. The molecule has 0 radical (unpaired) electrons. The molecule has 0 amide bonds. The van der Waals surface area contributed by atoms with Crippen molar-refractivity contribution in [2.45, 2.75) is 0 Å². The molecule has 0 aliphatic heterocycles. The van der Waals surface area contributed by atoms with Crippen LogP contribution in [0.25, 0.3) is 10.2 Å². The van der Waals surface area contributed by atoms with E-state index in [1.54, 1.807) is 17.6 Å². The number of fused-ring (bicyclic) bond motifs is 1. The zero-order valence-electron chi connectivity index (χ0n) is 7.35. The molecule has 0 aliphatic rings. The average molecular weight is 209 g/mol. The minimum absolute atomic E-state index is 0.274. The minimum atomic E-state index is -0.939. The molecule has 0 saturated carbocycles. The molecule has 0 aliphatic carbocycles. The van der Waals surface area contributed by atoms with E-state index in [0.29, 0.717) is 16.0 Å². The second-order valence-electron chi connectivity index (χ2n) is 2.68. The van der Waals surface area contributed by atoms with E-state index in [4.69, 9.17) is 9.84 Å². The van der Waals surface area contributed by atoms with Crippen LogP contribution >= 0.6 is 11.3 Å². The standard InChI is InChI=1S/C9H7NO3S/c1-13-5-2-6-7(9(11)12)4-14-8(6)10-3-5/h2-4H,1H3,(H,11,12). The average Bonchev–Trinajstić information content (AvgIpc) is 2.59. The summed E-state index contributed by atoms with van der Waals surface area (Å²) in [5, 5.41) is 11.1. The van der Waals surface area contributed by atoms with Gasteiger partial charge in [-0.2, -0.15) is 0 Å². The van der Waals surface area contributed by atoms with Crippen LogP contribution in [0.4, 0.5) is 0 Å². The molecule has 4 nitrogen and oxygen atoms in total. The Labute approximate surface area is 83.8 Å². The van der Waals surface area contributed by atoms with Crippen LogP contribution in [0, 0.1) is 0 Å². The number of thiophene rings is 1. The zero-order chi connectivity index (χ0) is 10.1. The highest BCUT2D eigenvalue weighted by Crippen LogP contribution is 2.27. The summed E-state index contributed by atoms with van der Waals surface area (Å²) in [5.41, 5.74) is 0.274. The summed E-state index contributed by atoms with van der Waals surface area (Å²) in [6.45, 7) is 0. The fraction of sp³-hybridized carbons (Fsp3) is 0.111. The van der Waals surface area contributed by atoms with Gasteiger partial charge in [-0.15, -0.1) is 11.3 Å². The Morgan fingerprint density at radius 3 is 3.07 bits per heavy atom. The van der Waals surface area contributed by atoms with Gasteiger partial charge in [-0.1, -0.05) is 0 Å². The fourth-order valence-electron chi connectivity index (χ4n) is 1.18. The first-order valence-electron chi connectivity index (χ1n) is 3.87. The number of carbonyl (C=O) groups is 1. The predicted molar refractivity (Wildman–Crippen MR) is 53.1 cm³/mol. The molecule has 72 valence electrons. The molecule has 0 spiro atoms. The summed E-state index contributed by atoms with van der Waals surface area (Å²) >= 11 is 1.31. The molecular formula is C9H7NO3S. The molecule has 1 N–H and O–H groups in total. The predicted octanol–water partition coefficient (Wildman–Crippen LogP) is 2.00. The lowest BCUT2D eigenvalue weighted by atomic mass is 10.2. The van der Waals surface area contributed by atoms with Crippen molar-refractivity contribution in [1.29, 1.82) is 0 Å². The number of carboxylic acid groups (broad SMARTS) is 1. The summed E-state index contributed by atoms with van der Waals surface area (Å²) in [4.78, 5) is 15.6. The van der Waals surface area contributed by atoms with E-state index in [1.807, 2.05) is 0 Å². The van der Waals surface area contributed by atoms with Gasteiger partial charge in [-0.3, -0.25) is 0 Å². The maximum Gasteiger partial charge on any atom is 0.337 e. The summed E-state index contributed by atoms with van der Waals surface area (Å²) < 4.78 is 4.98. The van der Waals surface area contributed by atoms with E-state index in [2.05, 4.69) is 4.98 Å². The molecule has 0 unspecified atom stereocenters. The van der Waals surface area contributed by atoms with Gasteiger partial charge in [0.05, 0.1) is 18.9 Å². The Bertz CT molecular complexity index is 492. The van der Waals surface area contributed by atoms with Crippen molar-refractivity contribution in [3.8, 4) is 5.75 Å². The highest BCUT2D eigenvalue weighted by Gasteiger charge is 2.11. The summed E-state index contributed by atoms with van der Waals surface area (Å²) in [6.07, 6.45) is 1.57. The first kappa shape index (κ1) is 8.96. The number of hydrogen-bond acceptors (Lipinski definition) is 4. The number of nitrogens with zero attached hydrogens (tertiary/aromatic N) is 1. The highest BCUT2D eigenvalue weighted by molar-refractivity contribution is 7.17. The smallest absolute Gasteiger partial charge is 0.337 e. The first-order chi connectivity index (χ1) is 6.72. The molecule has 0 saturated heterocycles.